The van der Waals surface area contributed by atoms with Crippen LogP contribution in [0.4, 0.5) is 0 Å². The molecule has 0 bridgehead atoms. The Morgan fingerprint density at radius 1 is 1.43 bits per heavy atom. The third-order valence-corrected chi connectivity index (χ3v) is 2.81. The van der Waals surface area contributed by atoms with Gasteiger partial charge in [-0.05, 0) is 36.6 Å². The molecular weight excluding hydrogens is 219 g/mol. The molecule has 0 spiro atoms. The van der Waals surface area contributed by atoms with Gasteiger partial charge in [0.1, 0.15) is 0 Å². The predicted octanol–water partition coefficient (Wildman–Crippen LogP) is 2.78. The van der Waals surface area contributed by atoms with Gasteiger partial charge in [0.25, 0.3) is 0 Å². The van der Waals surface area contributed by atoms with Gasteiger partial charge in [0.2, 0.25) is 0 Å². The van der Waals surface area contributed by atoms with Crippen molar-refractivity contribution in [2.24, 2.45) is 5.84 Å². The molecule has 0 amide bonds. The lowest BCUT2D eigenvalue weighted by Crippen LogP contribution is -2.36. The zero-order chi connectivity index (χ0) is 10.6. The van der Waals surface area contributed by atoms with E-state index in [0.29, 0.717) is 5.02 Å². The molecule has 1 rings (SSSR count). The Morgan fingerprint density at radius 2 is 2.14 bits per heavy atom. The summed E-state index contributed by atoms with van der Waals surface area (Å²) < 4.78 is 0. The lowest BCUT2D eigenvalue weighted by atomic mass is 10.0. The number of rotatable bonds is 4. The van der Waals surface area contributed by atoms with E-state index in [4.69, 9.17) is 29.0 Å². The fraction of sp³-hybridized carbons (Fsp3) is 0.400. The van der Waals surface area contributed by atoms with Gasteiger partial charge in [0, 0.05) is 16.1 Å². The molecule has 0 saturated heterocycles. The van der Waals surface area contributed by atoms with E-state index in [0.717, 1.165) is 23.4 Å². The van der Waals surface area contributed by atoms with E-state index < -0.39 is 0 Å². The number of halogens is 2. The first-order valence-corrected chi connectivity index (χ1v) is 5.33. The van der Waals surface area contributed by atoms with Crippen molar-refractivity contribution in [1.29, 1.82) is 0 Å². The summed E-state index contributed by atoms with van der Waals surface area (Å²) in [6.45, 7) is 2.07. The summed E-state index contributed by atoms with van der Waals surface area (Å²) in [6.07, 6.45) is 1.76. The van der Waals surface area contributed by atoms with Crippen molar-refractivity contribution in [3.63, 3.8) is 0 Å². The van der Waals surface area contributed by atoms with Crippen molar-refractivity contribution in [1.82, 2.24) is 5.43 Å². The van der Waals surface area contributed by atoms with Crippen LogP contribution < -0.4 is 11.3 Å². The second kappa shape index (κ2) is 5.56. The first-order valence-electron chi connectivity index (χ1n) is 4.57. The Labute approximate surface area is 94.4 Å². The first-order chi connectivity index (χ1) is 6.67. The van der Waals surface area contributed by atoms with Crippen LogP contribution in [0.1, 0.15) is 18.9 Å². The van der Waals surface area contributed by atoms with Gasteiger partial charge in [-0.25, -0.2) is 0 Å². The standard InChI is InChI=1S/C10H14Cl2N2/c1-2-9(14-13)6-7-5-8(11)3-4-10(7)12/h3-5,9,14H,2,6,13H2,1H3. The van der Waals surface area contributed by atoms with Crippen molar-refractivity contribution < 1.29 is 0 Å². The second-order valence-electron chi connectivity index (χ2n) is 3.21. The quantitative estimate of drug-likeness (QED) is 0.619. The minimum Gasteiger partial charge on any atom is -0.271 e. The van der Waals surface area contributed by atoms with Crippen LogP contribution in [0.15, 0.2) is 18.2 Å². The molecule has 3 N–H and O–H groups in total. The second-order valence-corrected chi connectivity index (χ2v) is 4.06. The van der Waals surface area contributed by atoms with Crippen molar-refractivity contribution in [2.45, 2.75) is 25.8 Å². The van der Waals surface area contributed by atoms with Crippen molar-refractivity contribution in [3.05, 3.63) is 33.8 Å². The fourth-order valence-corrected chi connectivity index (χ4v) is 1.68. The van der Waals surface area contributed by atoms with Gasteiger partial charge in [-0.2, -0.15) is 0 Å². The summed E-state index contributed by atoms with van der Waals surface area (Å²) in [6, 6.07) is 5.71. The molecule has 0 heterocycles. The molecule has 78 valence electrons. The topological polar surface area (TPSA) is 38.0 Å². The molecule has 1 aromatic rings. The lowest BCUT2D eigenvalue weighted by molar-refractivity contribution is 0.511. The van der Waals surface area contributed by atoms with Gasteiger partial charge in [-0.3, -0.25) is 11.3 Å². The van der Waals surface area contributed by atoms with E-state index in [1.54, 1.807) is 6.07 Å². The Bertz CT molecular complexity index is 298. The van der Waals surface area contributed by atoms with Gasteiger partial charge in [-0.1, -0.05) is 30.1 Å². The van der Waals surface area contributed by atoms with E-state index in [2.05, 4.69) is 12.3 Å². The number of hydrogen-bond donors (Lipinski definition) is 2. The highest BCUT2D eigenvalue weighted by molar-refractivity contribution is 6.33. The first kappa shape index (κ1) is 11.8. The molecule has 1 unspecified atom stereocenters. The Balaban J connectivity index is 2.79. The molecule has 0 radical (unpaired) electrons. The summed E-state index contributed by atoms with van der Waals surface area (Å²) in [5.41, 5.74) is 3.78. The zero-order valence-electron chi connectivity index (χ0n) is 8.06. The van der Waals surface area contributed by atoms with Crippen LogP contribution in [0.3, 0.4) is 0 Å². The molecule has 0 saturated carbocycles. The third-order valence-electron chi connectivity index (χ3n) is 2.20. The molecule has 0 aliphatic rings. The van der Waals surface area contributed by atoms with E-state index in [1.807, 2.05) is 12.1 Å². The third kappa shape index (κ3) is 3.14. The molecule has 0 aliphatic heterocycles. The minimum atomic E-state index is 0.242. The zero-order valence-corrected chi connectivity index (χ0v) is 9.57. The maximum atomic E-state index is 6.03. The van der Waals surface area contributed by atoms with Crippen LogP contribution in [-0.4, -0.2) is 6.04 Å². The summed E-state index contributed by atoms with van der Waals surface area (Å²) >= 11 is 11.9. The fourth-order valence-electron chi connectivity index (χ4n) is 1.29. The number of benzene rings is 1. The molecule has 0 fully saturated rings. The highest BCUT2D eigenvalue weighted by Crippen LogP contribution is 2.22. The number of nitrogens with one attached hydrogen (secondary N) is 1. The maximum absolute atomic E-state index is 6.03. The normalized spacial score (nSPS) is 12.9. The molecule has 0 aromatic heterocycles. The predicted molar refractivity (Wildman–Crippen MR) is 61.6 cm³/mol. The summed E-state index contributed by atoms with van der Waals surface area (Å²) in [4.78, 5) is 0. The van der Waals surface area contributed by atoms with Crippen LogP contribution >= 0.6 is 23.2 Å². The molecule has 0 aliphatic carbocycles. The molecule has 1 aromatic carbocycles. The van der Waals surface area contributed by atoms with E-state index in [-0.39, 0.29) is 6.04 Å². The number of hydrogen-bond acceptors (Lipinski definition) is 2. The van der Waals surface area contributed by atoms with Gasteiger partial charge < -0.3 is 0 Å². The monoisotopic (exact) mass is 232 g/mol. The van der Waals surface area contributed by atoms with Crippen molar-refractivity contribution >= 4 is 23.2 Å². The van der Waals surface area contributed by atoms with Crippen molar-refractivity contribution in [2.75, 3.05) is 0 Å². The summed E-state index contributed by atoms with van der Waals surface area (Å²) in [7, 11) is 0. The smallest absolute Gasteiger partial charge is 0.0439 e. The molecule has 4 heteroatoms. The minimum absolute atomic E-state index is 0.242. The summed E-state index contributed by atoms with van der Waals surface area (Å²) in [5, 5.41) is 1.44. The van der Waals surface area contributed by atoms with Gasteiger partial charge in [0.05, 0.1) is 0 Å². The van der Waals surface area contributed by atoms with Crippen LogP contribution in [0.2, 0.25) is 10.0 Å². The Hall–Kier alpha value is -0.280. The highest BCUT2D eigenvalue weighted by Gasteiger charge is 2.08. The Morgan fingerprint density at radius 3 is 2.71 bits per heavy atom. The van der Waals surface area contributed by atoms with Gasteiger partial charge in [-0.15, -0.1) is 0 Å². The van der Waals surface area contributed by atoms with Crippen LogP contribution in [0.5, 0.6) is 0 Å². The maximum Gasteiger partial charge on any atom is 0.0439 e. The van der Waals surface area contributed by atoms with E-state index in [1.165, 1.54) is 0 Å². The molecule has 1 atom stereocenters. The van der Waals surface area contributed by atoms with E-state index in [9.17, 15) is 0 Å². The molecule has 2 nitrogen and oxygen atoms in total. The average molecular weight is 233 g/mol. The van der Waals surface area contributed by atoms with Gasteiger partial charge >= 0.3 is 0 Å². The van der Waals surface area contributed by atoms with Crippen molar-refractivity contribution in [3.8, 4) is 0 Å². The highest BCUT2D eigenvalue weighted by atomic mass is 35.5. The SMILES string of the molecule is CCC(Cc1cc(Cl)ccc1Cl)NN. The van der Waals surface area contributed by atoms with Crippen LogP contribution in [0.25, 0.3) is 0 Å². The Kier molecular flexibility index (Phi) is 4.69. The average Bonchev–Trinajstić information content (AvgIpc) is 2.19. The van der Waals surface area contributed by atoms with Crippen LogP contribution in [0, 0.1) is 0 Å². The van der Waals surface area contributed by atoms with Crippen LogP contribution in [-0.2, 0) is 6.42 Å². The molecular formula is C10H14Cl2N2. The number of nitrogens with two attached hydrogens (primary N) is 1. The lowest BCUT2D eigenvalue weighted by Gasteiger charge is -2.14. The van der Waals surface area contributed by atoms with E-state index >= 15 is 0 Å². The number of hydrazine groups is 1. The largest absolute Gasteiger partial charge is 0.271 e. The molecule has 14 heavy (non-hydrogen) atoms. The van der Waals surface area contributed by atoms with Gasteiger partial charge in [0.15, 0.2) is 0 Å². The summed E-state index contributed by atoms with van der Waals surface area (Å²) in [5.74, 6) is 5.39.